The van der Waals surface area contributed by atoms with Crippen LogP contribution in [0.1, 0.15) is 27.6 Å². The molecule has 0 spiro atoms. The molecule has 126 valence electrons. The highest BCUT2D eigenvalue weighted by Crippen LogP contribution is 2.34. The van der Waals surface area contributed by atoms with Crippen molar-refractivity contribution in [1.82, 2.24) is 0 Å². The van der Waals surface area contributed by atoms with Gasteiger partial charge in [-0.2, -0.15) is 0 Å². The zero-order valence-corrected chi connectivity index (χ0v) is 14.6. The van der Waals surface area contributed by atoms with Crippen LogP contribution >= 0.6 is 23.2 Å². The van der Waals surface area contributed by atoms with Gasteiger partial charge in [-0.1, -0.05) is 23.2 Å². The number of halogens is 2. The zero-order chi connectivity index (χ0) is 17.7. The highest BCUT2D eigenvalue weighted by atomic mass is 35.5. The largest absolute Gasteiger partial charge is 0.491 e. The minimum absolute atomic E-state index is 0.260. The van der Waals surface area contributed by atoms with Crippen molar-refractivity contribution in [2.75, 3.05) is 19.0 Å². The molecule has 2 aromatic carbocycles. The van der Waals surface area contributed by atoms with Crippen LogP contribution in [0.3, 0.4) is 0 Å². The molecule has 0 radical (unpaired) electrons. The number of rotatable bonds is 5. The Bertz CT molecular complexity index is 737. The highest BCUT2D eigenvalue weighted by molar-refractivity contribution is 6.37. The summed E-state index contributed by atoms with van der Waals surface area (Å²) < 4.78 is 9.94. The topological polar surface area (TPSA) is 64.6 Å². The highest BCUT2D eigenvalue weighted by Gasteiger charge is 2.14. The molecule has 1 N–H and O–H groups in total. The van der Waals surface area contributed by atoms with E-state index in [4.69, 9.17) is 27.9 Å². The number of benzene rings is 2. The van der Waals surface area contributed by atoms with Crippen LogP contribution in [-0.4, -0.2) is 25.6 Å². The van der Waals surface area contributed by atoms with Gasteiger partial charge in [0.2, 0.25) is 0 Å². The Balaban J connectivity index is 2.16. The SMILES string of the molecule is CCOc1c(Cl)cc(C(=O)Nc2ccc(C(=O)OC)cc2)cc1Cl. The maximum atomic E-state index is 12.3. The van der Waals surface area contributed by atoms with Gasteiger partial charge in [0.05, 0.1) is 29.3 Å². The summed E-state index contributed by atoms with van der Waals surface area (Å²) in [5.41, 5.74) is 1.21. The summed E-state index contributed by atoms with van der Waals surface area (Å²) in [5, 5.41) is 3.22. The summed E-state index contributed by atoms with van der Waals surface area (Å²) >= 11 is 12.2. The van der Waals surface area contributed by atoms with E-state index in [1.54, 1.807) is 24.3 Å². The van der Waals surface area contributed by atoms with Crippen LogP contribution in [0.4, 0.5) is 5.69 Å². The lowest BCUT2D eigenvalue weighted by Gasteiger charge is -2.11. The fourth-order valence-electron chi connectivity index (χ4n) is 1.98. The van der Waals surface area contributed by atoms with Crippen molar-refractivity contribution < 1.29 is 19.1 Å². The molecule has 0 unspecified atom stereocenters. The molecule has 0 fully saturated rings. The van der Waals surface area contributed by atoms with Crippen molar-refractivity contribution in [2.24, 2.45) is 0 Å². The number of carbonyl (C=O) groups excluding carboxylic acids is 2. The average Bonchev–Trinajstić information content (AvgIpc) is 2.57. The molecule has 0 heterocycles. The van der Waals surface area contributed by atoms with Crippen molar-refractivity contribution >= 4 is 40.8 Å². The van der Waals surface area contributed by atoms with Crippen LogP contribution in [0.2, 0.25) is 10.0 Å². The smallest absolute Gasteiger partial charge is 0.337 e. The second kappa shape index (κ2) is 8.04. The van der Waals surface area contributed by atoms with Gasteiger partial charge >= 0.3 is 5.97 Å². The minimum Gasteiger partial charge on any atom is -0.491 e. The maximum Gasteiger partial charge on any atom is 0.337 e. The van der Waals surface area contributed by atoms with Crippen molar-refractivity contribution in [1.29, 1.82) is 0 Å². The third-order valence-corrected chi connectivity index (χ3v) is 3.67. The van der Waals surface area contributed by atoms with E-state index in [9.17, 15) is 9.59 Å². The van der Waals surface area contributed by atoms with Crippen LogP contribution in [0.5, 0.6) is 5.75 Å². The molecular weight excluding hydrogens is 353 g/mol. The molecule has 0 saturated heterocycles. The van der Waals surface area contributed by atoms with Gasteiger partial charge in [-0.15, -0.1) is 0 Å². The lowest BCUT2D eigenvalue weighted by molar-refractivity contribution is 0.0600. The van der Waals surface area contributed by atoms with E-state index in [1.807, 2.05) is 6.92 Å². The third kappa shape index (κ3) is 4.19. The standard InChI is InChI=1S/C17H15Cl2NO4/c1-3-24-15-13(18)8-11(9-14(15)19)16(21)20-12-6-4-10(5-7-12)17(22)23-2/h4-9H,3H2,1-2H3,(H,20,21). The van der Waals surface area contributed by atoms with E-state index < -0.39 is 5.97 Å². The van der Waals surface area contributed by atoms with E-state index in [0.29, 0.717) is 29.2 Å². The second-order valence-corrected chi connectivity index (χ2v) is 5.54. The van der Waals surface area contributed by atoms with Gasteiger partial charge in [-0.25, -0.2) is 4.79 Å². The Morgan fingerprint density at radius 2 is 1.62 bits per heavy atom. The Morgan fingerprint density at radius 1 is 1.04 bits per heavy atom. The molecule has 0 aromatic heterocycles. The van der Waals surface area contributed by atoms with Gasteiger partial charge in [0.15, 0.2) is 5.75 Å². The number of hydrogen-bond acceptors (Lipinski definition) is 4. The lowest BCUT2D eigenvalue weighted by atomic mass is 10.1. The molecule has 0 aliphatic rings. The summed E-state index contributed by atoms with van der Waals surface area (Å²) in [5.74, 6) is -0.481. The number of hydrogen-bond donors (Lipinski definition) is 1. The minimum atomic E-state index is -0.446. The fraction of sp³-hybridized carbons (Fsp3) is 0.176. The second-order valence-electron chi connectivity index (χ2n) is 4.73. The monoisotopic (exact) mass is 367 g/mol. The number of anilines is 1. The predicted octanol–water partition coefficient (Wildman–Crippen LogP) is 4.43. The summed E-state index contributed by atoms with van der Waals surface area (Å²) in [6, 6.07) is 9.27. The lowest BCUT2D eigenvalue weighted by Crippen LogP contribution is -2.12. The number of esters is 1. The van der Waals surface area contributed by atoms with E-state index >= 15 is 0 Å². The van der Waals surface area contributed by atoms with Gasteiger partial charge in [0, 0.05) is 11.3 Å². The Morgan fingerprint density at radius 3 is 2.12 bits per heavy atom. The average molecular weight is 368 g/mol. The van der Waals surface area contributed by atoms with Gasteiger partial charge in [-0.3, -0.25) is 4.79 Å². The quantitative estimate of drug-likeness (QED) is 0.793. The fourth-order valence-corrected chi connectivity index (χ4v) is 2.58. The Labute approximate surface area is 149 Å². The molecule has 0 aliphatic carbocycles. The van der Waals surface area contributed by atoms with Gasteiger partial charge in [0.1, 0.15) is 0 Å². The van der Waals surface area contributed by atoms with E-state index in [-0.39, 0.29) is 16.0 Å². The van der Waals surface area contributed by atoms with Crippen LogP contribution in [-0.2, 0) is 4.74 Å². The first kappa shape index (κ1) is 18.1. The van der Waals surface area contributed by atoms with Crippen molar-refractivity contribution in [2.45, 2.75) is 6.92 Å². The normalized spacial score (nSPS) is 10.2. The summed E-state index contributed by atoms with van der Waals surface area (Å²) in [7, 11) is 1.30. The first-order chi connectivity index (χ1) is 11.5. The number of nitrogens with one attached hydrogen (secondary N) is 1. The molecule has 24 heavy (non-hydrogen) atoms. The molecule has 2 rings (SSSR count). The first-order valence-electron chi connectivity index (χ1n) is 7.07. The third-order valence-electron chi connectivity index (χ3n) is 3.11. The molecule has 5 nitrogen and oxygen atoms in total. The molecule has 0 saturated carbocycles. The maximum absolute atomic E-state index is 12.3. The molecular formula is C17H15Cl2NO4. The van der Waals surface area contributed by atoms with Crippen molar-refractivity contribution in [3.8, 4) is 5.75 Å². The van der Waals surface area contributed by atoms with Crippen LogP contribution < -0.4 is 10.1 Å². The van der Waals surface area contributed by atoms with Crippen LogP contribution in [0, 0.1) is 0 Å². The van der Waals surface area contributed by atoms with E-state index in [1.165, 1.54) is 19.2 Å². The Hall–Kier alpha value is -2.24. The molecule has 0 bridgehead atoms. The Kier molecular flexibility index (Phi) is 6.06. The summed E-state index contributed by atoms with van der Waals surface area (Å²) in [4.78, 5) is 23.7. The number of methoxy groups -OCH3 is 1. The van der Waals surface area contributed by atoms with E-state index in [0.717, 1.165) is 0 Å². The summed E-state index contributed by atoms with van der Waals surface area (Å²) in [6.07, 6.45) is 0. The van der Waals surface area contributed by atoms with Crippen LogP contribution in [0.15, 0.2) is 36.4 Å². The predicted molar refractivity (Wildman–Crippen MR) is 93.4 cm³/mol. The number of ether oxygens (including phenoxy) is 2. The van der Waals surface area contributed by atoms with Crippen LogP contribution in [0.25, 0.3) is 0 Å². The first-order valence-corrected chi connectivity index (χ1v) is 7.83. The van der Waals surface area contributed by atoms with Crippen molar-refractivity contribution in [3.05, 3.63) is 57.6 Å². The van der Waals surface area contributed by atoms with Gasteiger partial charge in [-0.05, 0) is 43.3 Å². The summed E-state index contributed by atoms with van der Waals surface area (Å²) in [6.45, 7) is 2.22. The molecule has 0 aliphatic heterocycles. The molecule has 0 atom stereocenters. The zero-order valence-electron chi connectivity index (χ0n) is 13.1. The van der Waals surface area contributed by atoms with E-state index in [2.05, 4.69) is 10.1 Å². The molecule has 7 heteroatoms. The molecule has 1 amide bonds. The molecule has 2 aromatic rings. The van der Waals surface area contributed by atoms with Gasteiger partial charge < -0.3 is 14.8 Å². The van der Waals surface area contributed by atoms with Crippen molar-refractivity contribution in [3.63, 3.8) is 0 Å². The number of amides is 1. The van der Waals surface area contributed by atoms with Gasteiger partial charge in [0.25, 0.3) is 5.91 Å². The number of carbonyl (C=O) groups is 2.